The van der Waals surface area contributed by atoms with Crippen LogP contribution in [0.15, 0.2) is 24.3 Å². The molecule has 1 aromatic rings. The van der Waals surface area contributed by atoms with E-state index >= 15 is 0 Å². The third-order valence-electron chi connectivity index (χ3n) is 3.18. The fourth-order valence-corrected chi connectivity index (χ4v) is 2.83. The highest BCUT2D eigenvalue weighted by atomic mass is 32.2. The number of imide groups is 1. The van der Waals surface area contributed by atoms with E-state index in [0.29, 0.717) is 4.90 Å². The van der Waals surface area contributed by atoms with Crippen molar-refractivity contribution in [3.05, 3.63) is 35.4 Å². The van der Waals surface area contributed by atoms with E-state index in [0.717, 1.165) is 6.26 Å². The van der Waals surface area contributed by atoms with E-state index in [1.807, 2.05) is 0 Å². The molecule has 0 saturated carbocycles. The summed E-state index contributed by atoms with van der Waals surface area (Å²) in [5, 5.41) is 9.20. The minimum absolute atomic E-state index is 0.133. The SMILES string of the molecule is CS(=O)(=O)CC[C@@H](C(=O)O)N1C(=O)c2ccccc2C1=O. The molecule has 0 unspecified atom stereocenters. The summed E-state index contributed by atoms with van der Waals surface area (Å²) in [5.41, 5.74) is 0.265. The van der Waals surface area contributed by atoms with Crippen LogP contribution in [0.3, 0.4) is 0 Å². The lowest BCUT2D eigenvalue weighted by atomic mass is 10.1. The molecule has 1 N–H and O–H groups in total. The Hall–Kier alpha value is -2.22. The Labute approximate surface area is 121 Å². The van der Waals surface area contributed by atoms with Crippen molar-refractivity contribution in [2.24, 2.45) is 0 Å². The van der Waals surface area contributed by atoms with Crippen LogP contribution in [0.25, 0.3) is 0 Å². The molecule has 0 aliphatic carbocycles. The van der Waals surface area contributed by atoms with E-state index in [1.54, 1.807) is 12.1 Å². The van der Waals surface area contributed by atoms with Gasteiger partial charge in [0, 0.05) is 6.26 Å². The number of amides is 2. The topological polar surface area (TPSA) is 109 Å². The molecule has 2 amide bonds. The lowest BCUT2D eigenvalue weighted by Gasteiger charge is -2.22. The summed E-state index contributed by atoms with van der Waals surface area (Å²) in [6.45, 7) is 0. The van der Waals surface area contributed by atoms with Gasteiger partial charge >= 0.3 is 5.97 Å². The van der Waals surface area contributed by atoms with Gasteiger partial charge in [-0.2, -0.15) is 0 Å². The number of aliphatic carboxylic acids is 1. The number of carboxylic acid groups (broad SMARTS) is 1. The minimum atomic E-state index is -3.40. The van der Waals surface area contributed by atoms with Crippen LogP contribution in [-0.2, 0) is 14.6 Å². The lowest BCUT2D eigenvalue weighted by molar-refractivity contribution is -0.141. The average molecular weight is 311 g/mol. The Morgan fingerprint density at radius 2 is 1.67 bits per heavy atom. The predicted octanol–water partition coefficient (Wildman–Crippen LogP) is 0.170. The quantitative estimate of drug-likeness (QED) is 0.776. The first kappa shape index (κ1) is 15.2. The van der Waals surface area contributed by atoms with Crippen LogP contribution in [0.5, 0.6) is 0 Å². The normalized spacial score (nSPS) is 16.0. The van der Waals surface area contributed by atoms with Gasteiger partial charge in [-0.15, -0.1) is 0 Å². The molecule has 1 atom stereocenters. The van der Waals surface area contributed by atoms with E-state index in [1.165, 1.54) is 12.1 Å². The molecular formula is C13H13NO6S. The molecule has 21 heavy (non-hydrogen) atoms. The molecule has 0 saturated heterocycles. The second-order valence-corrected chi connectivity index (χ2v) is 7.06. The summed E-state index contributed by atoms with van der Waals surface area (Å²) in [4.78, 5) is 36.3. The molecule has 0 bridgehead atoms. The third-order valence-corrected chi connectivity index (χ3v) is 4.16. The zero-order chi connectivity index (χ0) is 15.8. The zero-order valence-electron chi connectivity index (χ0n) is 11.1. The Morgan fingerprint density at radius 3 is 2.05 bits per heavy atom. The molecule has 1 aliphatic rings. The van der Waals surface area contributed by atoms with Crippen molar-refractivity contribution in [2.75, 3.05) is 12.0 Å². The number of sulfone groups is 1. The minimum Gasteiger partial charge on any atom is -0.480 e. The largest absolute Gasteiger partial charge is 0.480 e. The first-order chi connectivity index (χ1) is 9.72. The van der Waals surface area contributed by atoms with Crippen LogP contribution in [0.2, 0.25) is 0 Å². The van der Waals surface area contributed by atoms with Crippen molar-refractivity contribution in [1.82, 2.24) is 4.90 Å². The molecule has 0 fully saturated rings. The first-order valence-electron chi connectivity index (χ1n) is 6.10. The van der Waals surface area contributed by atoms with Crippen LogP contribution in [0.1, 0.15) is 27.1 Å². The van der Waals surface area contributed by atoms with E-state index in [-0.39, 0.29) is 17.5 Å². The fraction of sp³-hybridized carbons (Fsp3) is 0.308. The molecule has 112 valence electrons. The maximum atomic E-state index is 12.2. The third kappa shape index (κ3) is 2.94. The highest BCUT2D eigenvalue weighted by Gasteiger charge is 2.42. The summed E-state index contributed by atoms with van der Waals surface area (Å²) in [6, 6.07) is 4.52. The monoisotopic (exact) mass is 311 g/mol. The number of benzene rings is 1. The van der Waals surface area contributed by atoms with Gasteiger partial charge in [-0.05, 0) is 18.6 Å². The number of nitrogens with zero attached hydrogens (tertiary/aromatic N) is 1. The number of hydrogen-bond donors (Lipinski definition) is 1. The Balaban J connectivity index is 2.33. The van der Waals surface area contributed by atoms with Gasteiger partial charge in [-0.1, -0.05) is 12.1 Å². The molecule has 0 aromatic heterocycles. The van der Waals surface area contributed by atoms with Gasteiger partial charge in [0.05, 0.1) is 16.9 Å². The smallest absolute Gasteiger partial charge is 0.326 e. The van der Waals surface area contributed by atoms with Crippen LogP contribution in [0.4, 0.5) is 0 Å². The Bertz CT molecular complexity index is 689. The molecule has 0 radical (unpaired) electrons. The van der Waals surface area contributed by atoms with Crippen molar-refractivity contribution in [3.8, 4) is 0 Å². The van der Waals surface area contributed by atoms with E-state index in [2.05, 4.69) is 0 Å². The molecule has 1 heterocycles. The molecule has 2 rings (SSSR count). The van der Waals surface area contributed by atoms with Crippen LogP contribution in [0, 0.1) is 0 Å². The van der Waals surface area contributed by atoms with Gasteiger partial charge in [0.2, 0.25) is 0 Å². The van der Waals surface area contributed by atoms with Crippen LogP contribution in [-0.4, -0.2) is 54.3 Å². The molecule has 1 aromatic carbocycles. The van der Waals surface area contributed by atoms with Crippen molar-refractivity contribution in [1.29, 1.82) is 0 Å². The molecule has 1 aliphatic heterocycles. The number of hydrogen-bond acceptors (Lipinski definition) is 5. The van der Waals surface area contributed by atoms with E-state index < -0.39 is 39.4 Å². The highest BCUT2D eigenvalue weighted by Crippen LogP contribution is 2.25. The molecule has 0 spiro atoms. The van der Waals surface area contributed by atoms with Crippen LogP contribution < -0.4 is 0 Å². The Morgan fingerprint density at radius 1 is 1.19 bits per heavy atom. The summed E-state index contributed by atoms with van der Waals surface area (Å²) < 4.78 is 22.3. The van der Waals surface area contributed by atoms with Gasteiger partial charge in [0.15, 0.2) is 0 Å². The maximum absolute atomic E-state index is 12.2. The van der Waals surface area contributed by atoms with Gasteiger partial charge < -0.3 is 5.11 Å². The second kappa shape index (κ2) is 5.28. The summed E-state index contributed by atoms with van der Waals surface area (Å²) in [5.74, 6) is -3.25. The lowest BCUT2D eigenvalue weighted by Crippen LogP contribution is -2.45. The van der Waals surface area contributed by atoms with Gasteiger partial charge in [-0.3, -0.25) is 14.5 Å². The summed E-state index contributed by atoms with van der Waals surface area (Å²) >= 11 is 0. The van der Waals surface area contributed by atoms with Crippen molar-refractivity contribution < 1.29 is 27.9 Å². The van der Waals surface area contributed by atoms with Gasteiger partial charge in [-0.25, -0.2) is 13.2 Å². The number of carboxylic acids is 1. The average Bonchev–Trinajstić information content (AvgIpc) is 2.63. The van der Waals surface area contributed by atoms with E-state index in [9.17, 15) is 27.9 Å². The predicted molar refractivity (Wildman–Crippen MR) is 72.7 cm³/mol. The molecule has 7 nitrogen and oxygen atoms in total. The number of rotatable bonds is 5. The second-order valence-electron chi connectivity index (χ2n) is 4.80. The summed E-state index contributed by atoms with van der Waals surface area (Å²) in [6.07, 6.45) is 0.633. The first-order valence-corrected chi connectivity index (χ1v) is 8.16. The molecule has 8 heteroatoms. The van der Waals surface area contributed by atoms with Crippen molar-refractivity contribution in [2.45, 2.75) is 12.5 Å². The van der Waals surface area contributed by atoms with Crippen molar-refractivity contribution >= 4 is 27.6 Å². The van der Waals surface area contributed by atoms with Crippen molar-refractivity contribution in [3.63, 3.8) is 0 Å². The zero-order valence-corrected chi connectivity index (χ0v) is 12.0. The van der Waals surface area contributed by atoms with Gasteiger partial charge in [0.25, 0.3) is 11.8 Å². The maximum Gasteiger partial charge on any atom is 0.326 e. The van der Waals surface area contributed by atoms with Gasteiger partial charge in [0.1, 0.15) is 15.9 Å². The van der Waals surface area contributed by atoms with E-state index in [4.69, 9.17) is 0 Å². The fourth-order valence-electron chi connectivity index (χ4n) is 2.18. The molecular weight excluding hydrogens is 298 g/mol. The standard InChI is InChI=1S/C13H13NO6S/c1-21(19,20)7-6-10(13(17)18)14-11(15)8-4-2-3-5-9(8)12(14)16/h2-5,10H,6-7H2,1H3,(H,17,18)/t10-/m0/s1. The number of fused-ring (bicyclic) bond motifs is 1. The summed E-state index contributed by atoms with van der Waals surface area (Å²) in [7, 11) is -3.40. The van der Waals surface area contributed by atoms with Crippen LogP contribution >= 0.6 is 0 Å². The number of carbonyl (C=O) groups is 3. The Kier molecular flexibility index (Phi) is 3.82. The highest BCUT2D eigenvalue weighted by molar-refractivity contribution is 7.90. The number of carbonyl (C=O) groups excluding carboxylic acids is 2.